The van der Waals surface area contributed by atoms with Crippen LogP contribution in [0.2, 0.25) is 5.02 Å². The Morgan fingerprint density at radius 2 is 2.22 bits per heavy atom. The van der Waals surface area contributed by atoms with Crippen molar-refractivity contribution < 1.29 is 4.79 Å². The standard InChI is InChI=1S/C12H8ClN3OS/c13-8-1-2-9(10(15)5-8)11(17)16-12-7(6-14)3-4-18-12/h1-5H,15H2,(H,16,17). The number of benzene rings is 1. The lowest BCUT2D eigenvalue weighted by atomic mass is 10.1. The summed E-state index contributed by atoms with van der Waals surface area (Å²) in [6.07, 6.45) is 0. The third-order valence-electron chi connectivity index (χ3n) is 2.27. The molecular weight excluding hydrogens is 270 g/mol. The van der Waals surface area contributed by atoms with E-state index in [1.54, 1.807) is 23.6 Å². The second-order valence-corrected chi connectivity index (χ2v) is 4.81. The summed E-state index contributed by atoms with van der Waals surface area (Å²) >= 11 is 7.04. The molecule has 0 aliphatic heterocycles. The van der Waals surface area contributed by atoms with E-state index in [1.165, 1.54) is 17.4 Å². The number of nitrogen functional groups attached to an aromatic ring is 1. The fourth-order valence-corrected chi connectivity index (χ4v) is 2.32. The van der Waals surface area contributed by atoms with Crippen LogP contribution >= 0.6 is 22.9 Å². The summed E-state index contributed by atoms with van der Waals surface area (Å²) in [6.45, 7) is 0. The highest BCUT2D eigenvalue weighted by molar-refractivity contribution is 7.14. The number of halogens is 1. The van der Waals surface area contributed by atoms with Crippen molar-refractivity contribution in [2.24, 2.45) is 0 Å². The quantitative estimate of drug-likeness (QED) is 0.828. The first-order valence-electron chi connectivity index (χ1n) is 4.96. The Kier molecular flexibility index (Phi) is 3.51. The number of nitrogens with one attached hydrogen (secondary N) is 1. The largest absolute Gasteiger partial charge is 0.398 e. The monoisotopic (exact) mass is 277 g/mol. The van der Waals surface area contributed by atoms with E-state index in [-0.39, 0.29) is 5.91 Å². The van der Waals surface area contributed by atoms with Crippen LogP contribution in [0.1, 0.15) is 15.9 Å². The van der Waals surface area contributed by atoms with Crippen LogP contribution in [-0.4, -0.2) is 5.91 Å². The Morgan fingerprint density at radius 1 is 1.44 bits per heavy atom. The first-order chi connectivity index (χ1) is 8.61. The maximum Gasteiger partial charge on any atom is 0.258 e. The molecule has 0 atom stereocenters. The first-order valence-corrected chi connectivity index (χ1v) is 6.21. The second kappa shape index (κ2) is 5.08. The molecule has 1 heterocycles. The number of rotatable bonds is 2. The molecule has 1 amide bonds. The summed E-state index contributed by atoms with van der Waals surface area (Å²) in [5, 5.41) is 14.2. The maximum atomic E-state index is 12.0. The fourth-order valence-electron chi connectivity index (χ4n) is 1.40. The number of carbonyl (C=O) groups is 1. The number of nitriles is 1. The van der Waals surface area contributed by atoms with Gasteiger partial charge >= 0.3 is 0 Å². The predicted octanol–water partition coefficient (Wildman–Crippen LogP) is 3.11. The van der Waals surface area contributed by atoms with Crippen molar-refractivity contribution >= 4 is 39.5 Å². The highest BCUT2D eigenvalue weighted by Crippen LogP contribution is 2.24. The van der Waals surface area contributed by atoms with E-state index in [0.29, 0.717) is 26.8 Å². The van der Waals surface area contributed by atoms with Crippen LogP contribution in [-0.2, 0) is 0 Å². The van der Waals surface area contributed by atoms with E-state index >= 15 is 0 Å². The third-order valence-corrected chi connectivity index (χ3v) is 3.34. The van der Waals surface area contributed by atoms with Gasteiger partial charge in [0, 0.05) is 10.7 Å². The molecule has 0 bridgehead atoms. The fraction of sp³-hybridized carbons (Fsp3) is 0. The molecule has 2 rings (SSSR count). The summed E-state index contributed by atoms with van der Waals surface area (Å²) in [7, 11) is 0. The van der Waals surface area contributed by atoms with Gasteiger partial charge in [0.05, 0.1) is 11.1 Å². The summed E-state index contributed by atoms with van der Waals surface area (Å²) in [5.41, 5.74) is 6.78. The van der Waals surface area contributed by atoms with Gasteiger partial charge in [-0.05, 0) is 29.6 Å². The topological polar surface area (TPSA) is 78.9 Å². The molecule has 0 fully saturated rings. The molecular formula is C12H8ClN3OS. The molecule has 0 radical (unpaired) electrons. The van der Waals surface area contributed by atoms with Crippen molar-refractivity contribution in [3.63, 3.8) is 0 Å². The lowest BCUT2D eigenvalue weighted by molar-refractivity contribution is 0.102. The summed E-state index contributed by atoms with van der Waals surface area (Å²) in [6, 6.07) is 8.29. The Bertz CT molecular complexity index is 645. The molecule has 0 unspecified atom stereocenters. The highest BCUT2D eigenvalue weighted by atomic mass is 35.5. The number of hydrogen-bond acceptors (Lipinski definition) is 4. The van der Waals surface area contributed by atoms with Gasteiger partial charge in [-0.2, -0.15) is 5.26 Å². The van der Waals surface area contributed by atoms with Gasteiger partial charge in [-0.25, -0.2) is 0 Å². The maximum absolute atomic E-state index is 12.0. The zero-order chi connectivity index (χ0) is 13.1. The van der Waals surface area contributed by atoms with Crippen LogP contribution < -0.4 is 11.1 Å². The number of amides is 1. The van der Waals surface area contributed by atoms with Crippen LogP contribution in [0, 0.1) is 11.3 Å². The molecule has 1 aromatic heterocycles. The number of thiophene rings is 1. The number of nitrogens with zero attached hydrogens (tertiary/aromatic N) is 1. The molecule has 2 aromatic rings. The SMILES string of the molecule is N#Cc1ccsc1NC(=O)c1ccc(Cl)cc1N. The zero-order valence-electron chi connectivity index (χ0n) is 9.11. The average molecular weight is 278 g/mol. The Balaban J connectivity index is 2.25. The van der Waals surface area contributed by atoms with Gasteiger partial charge in [-0.1, -0.05) is 11.6 Å². The van der Waals surface area contributed by atoms with Crippen LogP contribution in [0.15, 0.2) is 29.6 Å². The van der Waals surface area contributed by atoms with Crippen molar-refractivity contribution in [3.05, 3.63) is 45.8 Å². The van der Waals surface area contributed by atoms with Crippen molar-refractivity contribution in [1.29, 1.82) is 5.26 Å². The van der Waals surface area contributed by atoms with Crippen molar-refractivity contribution in [1.82, 2.24) is 0 Å². The highest BCUT2D eigenvalue weighted by Gasteiger charge is 2.13. The minimum atomic E-state index is -0.358. The molecule has 0 aliphatic rings. The Labute approximate surface area is 113 Å². The van der Waals surface area contributed by atoms with Gasteiger partial charge in [-0.3, -0.25) is 4.79 Å². The molecule has 0 saturated carbocycles. The molecule has 0 saturated heterocycles. The minimum absolute atomic E-state index is 0.301. The van der Waals surface area contributed by atoms with E-state index < -0.39 is 0 Å². The lowest BCUT2D eigenvalue weighted by Gasteiger charge is -2.06. The van der Waals surface area contributed by atoms with Crippen LogP contribution in [0.4, 0.5) is 10.7 Å². The number of hydrogen-bond donors (Lipinski definition) is 2. The van der Waals surface area contributed by atoms with E-state index in [2.05, 4.69) is 5.32 Å². The van der Waals surface area contributed by atoms with E-state index in [1.807, 2.05) is 6.07 Å². The smallest absolute Gasteiger partial charge is 0.258 e. The molecule has 90 valence electrons. The van der Waals surface area contributed by atoms with Crippen LogP contribution in [0.3, 0.4) is 0 Å². The van der Waals surface area contributed by atoms with E-state index in [0.717, 1.165) is 0 Å². The molecule has 18 heavy (non-hydrogen) atoms. The Hall–Kier alpha value is -2.03. The van der Waals surface area contributed by atoms with Crippen LogP contribution in [0.5, 0.6) is 0 Å². The van der Waals surface area contributed by atoms with Gasteiger partial charge in [0.1, 0.15) is 11.1 Å². The van der Waals surface area contributed by atoms with Crippen molar-refractivity contribution in [2.45, 2.75) is 0 Å². The van der Waals surface area contributed by atoms with Gasteiger partial charge in [-0.15, -0.1) is 11.3 Å². The first kappa shape index (κ1) is 12.4. The summed E-state index contributed by atoms with van der Waals surface area (Å²) in [5.74, 6) is -0.358. The lowest BCUT2D eigenvalue weighted by Crippen LogP contribution is -2.13. The molecule has 0 spiro atoms. The van der Waals surface area contributed by atoms with Gasteiger partial charge in [0.15, 0.2) is 0 Å². The molecule has 0 aliphatic carbocycles. The van der Waals surface area contributed by atoms with Crippen molar-refractivity contribution in [3.8, 4) is 6.07 Å². The van der Waals surface area contributed by atoms with Crippen molar-refractivity contribution in [2.75, 3.05) is 11.1 Å². The van der Waals surface area contributed by atoms with E-state index in [9.17, 15) is 4.79 Å². The number of nitrogens with two attached hydrogens (primary N) is 1. The molecule has 3 N–H and O–H groups in total. The summed E-state index contributed by atoms with van der Waals surface area (Å²) in [4.78, 5) is 12.0. The third kappa shape index (κ3) is 2.45. The van der Waals surface area contributed by atoms with Gasteiger partial charge in [0.25, 0.3) is 5.91 Å². The van der Waals surface area contributed by atoms with Gasteiger partial charge in [0.2, 0.25) is 0 Å². The zero-order valence-corrected chi connectivity index (χ0v) is 10.7. The average Bonchev–Trinajstić information content (AvgIpc) is 2.76. The summed E-state index contributed by atoms with van der Waals surface area (Å²) < 4.78 is 0. The predicted molar refractivity (Wildman–Crippen MR) is 72.9 cm³/mol. The van der Waals surface area contributed by atoms with E-state index in [4.69, 9.17) is 22.6 Å². The molecule has 1 aromatic carbocycles. The number of carbonyl (C=O) groups excluding carboxylic acids is 1. The normalized spacial score (nSPS) is 9.78. The Morgan fingerprint density at radius 3 is 2.89 bits per heavy atom. The molecule has 6 heteroatoms. The number of anilines is 2. The van der Waals surface area contributed by atoms with Gasteiger partial charge < -0.3 is 11.1 Å². The van der Waals surface area contributed by atoms with Crippen LogP contribution in [0.25, 0.3) is 0 Å². The molecule has 4 nitrogen and oxygen atoms in total. The minimum Gasteiger partial charge on any atom is -0.398 e. The second-order valence-electron chi connectivity index (χ2n) is 3.46.